The van der Waals surface area contributed by atoms with Crippen LogP contribution in [-0.4, -0.2) is 0 Å². The Morgan fingerprint density at radius 3 is 2.50 bits per heavy atom. The van der Waals surface area contributed by atoms with E-state index in [1.54, 1.807) is 19.1 Å². The van der Waals surface area contributed by atoms with E-state index in [-0.39, 0.29) is 5.43 Å². The summed E-state index contributed by atoms with van der Waals surface area (Å²) in [4.78, 5) is 11.8. The molecule has 0 fully saturated rings. The lowest BCUT2D eigenvalue weighted by Gasteiger charge is -1.98. The quantitative estimate of drug-likeness (QED) is 0.577. The van der Waals surface area contributed by atoms with Gasteiger partial charge in [0.05, 0.1) is 10.8 Å². The second-order valence-corrected chi connectivity index (χ2v) is 3.93. The van der Waals surface area contributed by atoms with Gasteiger partial charge in [0.15, 0.2) is 5.43 Å². The van der Waals surface area contributed by atoms with Gasteiger partial charge in [-0.1, -0.05) is 0 Å². The number of benzene rings is 1. The van der Waals surface area contributed by atoms with E-state index >= 15 is 0 Å². The summed E-state index contributed by atoms with van der Waals surface area (Å²) in [6.45, 7) is 3.65. The number of rotatable bonds is 0. The monoisotopic (exact) mass is 214 g/mol. The molecule has 0 spiro atoms. The van der Waals surface area contributed by atoms with E-state index in [0.29, 0.717) is 16.7 Å². The topological polar surface area (TPSA) is 43.4 Å². The fourth-order valence-electron chi connectivity index (χ4n) is 1.97. The highest BCUT2D eigenvalue weighted by Crippen LogP contribution is 2.26. The van der Waals surface area contributed by atoms with Crippen LogP contribution in [0.1, 0.15) is 11.5 Å². The molecule has 80 valence electrons. The van der Waals surface area contributed by atoms with Gasteiger partial charge >= 0.3 is 0 Å². The first-order valence-corrected chi connectivity index (χ1v) is 5.09. The third kappa shape index (κ3) is 1.18. The van der Waals surface area contributed by atoms with Gasteiger partial charge in [-0.15, -0.1) is 0 Å². The average molecular weight is 214 g/mol. The summed E-state index contributed by atoms with van der Waals surface area (Å²) in [7, 11) is 0. The van der Waals surface area contributed by atoms with E-state index in [2.05, 4.69) is 0 Å². The first-order chi connectivity index (χ1) is 7.65. The Hall–Kier alpha value is -2.03. The number of aryl methyl sites for hydroxylation is 2. The number of hydrogen-bond donors (Lipinski definition) is 0. The highest BCUT2D eigenvalue weighted by molar-refractivity contribution is 6.02. The lowest BCUT2D eigenvalue weighted by molar-refractivity contribution is 0.566. The van der Waals surface area contributed by atoms with Gasteiger partial charge in [-0.3, -0.25) is 4.79 Å². The molecular weight excluding hydrogens is 204 g/mol. The molecule has 0 radical (unpaired) electrons. The fourth-order valence-corrected chi connectivity index (χ4v) is 1.97. The molecule has 1 aromatic carbocycles. The lowest BCUT2D eigenvalue weighted by Crippen LogP contribution is -1.99. The van der Waals surface area contributed by atoms with Gasteiger partial charge in [-0.25, -0.2) is 0 Å². The molecule has 3 heteroatoms. The first kappa shape index (κ1) is 9.21. The molecule has 0 aliphatic rings. The molecule has 0 saturated carbocycles. The van der Waals surface area contributed by atoms with Crippen molar-refractivity contribution in [3.8, 4) is 0 Å². The van der Waals surface area contributed by atoms with Crippen LogP contribution in [0.3, 0.4) is 0 Å². The summed E-state index contributed by atoms with van der Waals surface area (Å²) in [5, 5.41) is 1.45. The predicted octanol–water partition coefficient (Wildman–Crippen LogP) is 3.16. The zero-order valence-corrected chi connectivity index (χ0v) is 9.03. The van der Waals surface area contributed by atoms with Gasteiger partial charge in [-0.2, -0.15) is 0 Å². The molecule has 0 N–H and O–H groups in total. The lowest BCUT2D eigenvalue weighted by atomic mass is 10.1. The minimum absolute atomic E-state index is 0.0143. The van der Waals surface area contributed by atoms with E-state index < -0.39 is 0 Å². The SMILES string of the molecule is Cc1cc2c(ccc3c(=O)cc(C)oc32)o1. The summed E-state index contributed by atoms with van der Waals surface area (Å²) in [6.07, 6.45) is 0. The maximum Gasteiger partial charge on any atom is 0.192 e. The van der Waals surface area contributed by atoms with E-state index in [9.17, 15) is 4.79 Å². The summed E-state index contributed by atoms with van der Waals surface area (Å²) in [6, 6.07) is 6.93. The standard InChI is InChI=1S/C13H10O3/c1-7-5-10-12(15-7)4-3-9-11(14)6-8(2)16-13(9)10/h3-6H,1-2H3. The maximum atomic E-state index is 11.8. The van der Waals surface area contributed by atoms with Gasteiger partial charge in [0.25, 0.3) is 0 Å². The molecule has 3 aromatic rings. The van der Waals surface area contributed by atoms with Gasteiger partial charge in [0, 0.05) is 6.07 Å². The van der Waals surface area contributed by atoms with E-state index in [1.807, 2.05) is 13.0 Å². The Morgan fingerprint density at radius 2 is 1.69 bits per heavy atom. The Labute approximate surface area is 91.3 Å². The molecule has 2 aromatic heterocycles. The summed E-state index contributed by atoms with van der Waals surface area (Å²) >= 11 is 0. The van der Waals surface area contributed by atoms with Gasteiger partial charge < -0.3 is 8.83 Å². The number of furan rings is 1. The minimum atomic E-state index is -0.0143. The molecule has 0 aliphatic heterocycles. The van der Waals surface area contributed by atoms with Crippen LogP contribution in [0.2, 0.25) is 0 Å². The van der Waals surface area contributed by atoms with Gasteiger partial charge in [-0.05, 0) is 32.0 Å². The second kappa shape index (κ2) is 2.98. The van der Waals surface area contributed by atoms with Crippen LogP contribution >= 0.6 is 0 Å². The molecule has 2 heterocycles. The van der Waals surface area contributed by atoms with Crippen LogP contribution < -0.4 is 5.43 Å². The van der Waals surface area contributed by atoms with E-state index in [0.717, 1.165) is 16.7 Å². The molecule has 0 amide bonds. The highest BCUT2D eigenvalue weighted by Gasteiger charge is 2.09. The van der Waals surface area contributed by atoms with Crippen molar-refractivity contribution in [3.63, 3.8) is 0 Å². The Morgan fingerprint density at radius 1 is 0.938 bits per heavy atom. The summed E-state index contributed by atoms with van der Waals surface area (Å²) in [5.41, 5.74) is 1.35. The van der Waals surface area contributed by atoms with Crippen molar-refractivity contribution in [2.75, 3.05) is 0 Å². The third-order valence-corrected chi connectivity index (χ3v) is 2.64. The van der Waals surface area contributed by atoms with Crippen molar-refractivity contribution in [3.05, 3.63) is 46.0 Å². The molecule has 0 unspecified atom stereocenters. The first-order valence-electron chi connectivity index (χ1n) is 5.09. The molecule has 0 saturated heterocycles. The van der Waals surface area contributed by atoms with Crippen molar-refractivity contribution in [2.24, 2.45) is 0 Å². The predicted molar refractivity (Wildman–Crippen MR) is 61.7 cm³/mol. The van der Waals surface area contributed by atoms with Gasteiger partial charge in [0.1, 0.15) is 22.7 Å². The zero-order valence-electron chi connectivity index (χ0n) is 9.03. The van der Waals surface area contributed by atoms with Crippen LogP contribution in [0.5, 0.6) is 0 Å². The van der Waals surface area contributed by atoms with E-state index in [1.165, 1.54) is 6.07 Å². The van der Waals surface area contributed by atoms with Crippen LogP contribution in [0.25, 0.3) is 21.9 Å². The zero-order chi connectivity index (χ0) is 11.3. The Kier molecular flexibility index (Phi) is 1.72. The minimum Gasteiger partial charge on any atom is -0.461 e. The fraction of sp³-hybridized carbons (Fsp3) is 0.154. The van der Waals surface area contributed by atoms with Crippen molar-refractivity contribution >= 4 is 21.9 Å². The largest absolute Gasteiger partial charge is 0.461 e. The molecular formula is C13H10O3. The molecule has 0 atom stereocenters. The molecule has 3 rings (SSSR count). The van der Waals surface area contributed by atoms with Crippen molar-refractivity contribution in [2.45, 2.75) is 13.8 Å². The number of fused-ring (bicyclic) bond motifs is 3. The van der Waals surface area contributed by atoms with Crippen molar-refractivity contribution in [1.82, 2.24) is 0 Å². The molecule has 16 heavy (non-hydrogen) atoms. The van der Waals surface area contributed by atoms with Crippen LogP contribution in [0.15, 0.2) is 37.9 Å². The Bertz CT molecular complexity index is 747. The third-order valence-electron chi connectivity index (χ3n) is 2.64. The smallest absolute Gasteiger partial charge is 0.192 e. The van der Waals surface area contributed by atoms with Gasteiger partial charge in [0.2, 0.25) is 0 Å². The molecule has 0 aliphatic carbocycles. The van der Waals surface area contributed by atoms with Crippen LogP contribution in [0.4, 0.5) is 0 Å². The average Bonchev–Trinajstić information content (AvgIpc) is 2.58. The number of hydrogen-bond acceptors (Lipinski definition) is 3. The van der Waals surface area contributed by atoms with E-state index in [4.69, 9.17) is 8.83 Å². The van der Waals surface area contributed by atoms with Crippen molar-refractivity contribution in [1.29, 1.82) is 0 Å². The Balaban J connectivity index is 2.64. The maximum absolute atomic E-state index is 11.8. The van der Waals surface area contributed by atoms with Crippen LogP contribution in [0, 0.1) is 13.8 Å². The summed E-state index contributed by atoms with van der Waals surface area (Å²) in [5.74, 6) is 1.43. The molecule has 3 nitrogen and oxygen atoms in total. The van der Waals surface area contributed by atoms with Crippen molar-refractivity contribution < 1.29 is 8.83 Å². The summed E-state index contributed by atoms with van der Waals surface area (Å²) < 4.78 is 11.1. The molecule has 0 bridgehead atoms. The highest BCUT2D eigenvalue weighted by atomic mass is 16.3. The normalized spacial score (nSPS) is 11.4. The second-order valence-electron chi connectivity index (χ2n) is 3.93. The van der Waals surface area contributed by atoms with Crippen LogP contribution in [-0.2, 0) is 0 Å².